The number of benzene rings is 5. The summed E-state index contributed by atoms with van der Waals surface area (Å²) in [4.78, 5) is 4.89. The maximum Gasteiger partial charge on any atom is 0.0314 e. The van der Waals surface area contributed by atoms with Gasteiger partial charge >= 0.3 is 0 Å². The first kappa shape index (κ1) is 21.4. The van der Waals surface area contributed by atoms with Crippen LogP contribution in [0.3, 0.4) is 0 Å². The molecule has 2 heteroatoms. The fraction of sp³-hybridized carbons (Fsp3) is 0.0294. The van der Waals surface area contributed by atoms with Gasteiger partial charge in [-0.15, -0.1) is 29.3 Å². The molecule has 0 atom stereocenters. The van der Waals surface area contributed by atoms with E-state index in [9.17, 15) is 0 Å². The monoisotopic (exact) mass is 635 g/mol. The Morgan fingerprint density at radius 2 is 1.22 bits per heavy atom. The summed E-state index contributed by atoms with van der Waals surface area (Å²) in [6.45, 7) is 0. The van der Waals surface area contributed by atoms with Crippen molar-refractivity contribution in [1.29, 1.82) is 0 Å². The van der Waals surface area contributed by atoms with Crippen molar-refractivity contribution in [2.75, 3.05) is 0 Å². The molecule has 6 aromatic rings. The quantitative estimate of drug-likeness (QED) is 0.167. The van der Waals surface area contributed by atoms with Crippen LogP contribution in [0, 0.1) is 6.07 Å². The van der Waals surface area contributed by atoms with E-state index in [0.717, 1.165) is 11.3 Å². The summed E-state index contributed by atoms with van der Waals surface area (Å²) in [5.74, 6) is 0. The molecule has 1 spiro atoms. The van der Waals surface area contributed by atoms with Crippen molar-refractivity contribution >= 4 is 10.8 Å². The van der Waals surface area contributed by atoms with E-state index in [-0.39, 0.29) is 25.5 Å². The number of nitrogens with zero attached hydrogens (tertiary/aromatic N) is 1. The average molecular weight is 635 g/mol. The van der Waals surface area contributed by atoms with Crippen molar-refractivity contribution in [3.8, 4) is 33.5 Å². The van der Waals surface area contributed by atoms with Gasteiger partial charge in [-0.05, 0) is 44.8 Å². The third-order valence-corrected chi connectivity index (χ3v) is 7.85. The zero-order chi connectivity index (χ0) is 23.0. The molecule has 0 amide bonds. The van der Waals surface area contributed by atoms with Gasteiger partial charge in [0.2, 0.25) is 0 Å². The predicted octanol–water partition coefficient (Wildman–Crippen LogP) is 8.04. The number of hydrogen-bond donors (Lipinski definition) is 0. The minimum atomic E-state index is -0.386. The van der Waals surface area contributed by atoms with Gasteiger partial charge in [0.25, 0.3) is 0 Å². The van der Waals surface area contributed by atoms with Crippen molar-refractivity contribution in [3.63, 3.8) is 0 Å². The molecule has 0 fully saturated rings. The van der Waals surface area contributed by atoms with Crippen LogP contribution in [-0.4, -0.2) is 4.98 Å². The average Bonchev–Trinajstić information content (AvgIpc) is 3.40. The second kappa shape index (κ2) is 7.83. The first-order valence-electron chi connectivity index (χ1n) is 12.1. The Morgan fingerprint density at radius 1 is 0.583 bits per heavy atom. The molecule has 36 heavy (non-hydrogen) atoms. The topological polar surface area (TPSA) is 12.9 Å². The van der Waals surface area contributed by atoms with Gasteiger partial charge in [0.15, 0.2) is 0 Å². The van der Waals surface area contributed by atoms with Gasteiger partial charge in [0.05, 0.1) is 0 Å². The van der Waals surface area contributed by atoms with Crippen LogP contribution in [0.5, 0.6) is 0 Å². The SMILES string of the molecule is [Ir].[c-]1cc(-c2cccc3ccccc23)cc2c1-c1ncccc1C21c2ccccc2-c2ccccc21. The van der Waals surface area contributed by atoms with Crippen molar-refractivity contribution < 1.29 is 20.1 Å². The van der Waals surface area contributed by atoms with Gasteiger partial charge in [0, 0.05) is 31.7 Å². The first-order valence-corrected chi connectivity index (χ1v) is 12.1. The van der Waals surface area contributed by atoms with Gasteiger partial charge in [-0.25, -0.2) is 0 Å². The Hall–Kier alpha value is -3.84. The maximum atomic E-state index is 4.89. The fourth-order valence-electron chi connectivity index (χ4n) is 6.49. The van der Waals surface area contributed by atoms with Crippen LogP contribution in [0.4, 0.5) is 0 Å². The second-order valence-electron chi connectivity index (χ2n) is 9.44. The summed E-state index contributed by atoms with van der Waals surface area (Å²) in [5, 5.41) is 2.51. The van der Waals surface area contributed by atoms with Gasteiger partial charge in [-0.1, -0.05) is 114 Å². The smallest absolute Gasteiger partial charge is 0.0314 e. The number of rotatable bonds is 1. The normalized spacial score (nSPS) is 13.6. The first-order chi connectivity index (χ1) is 17.4. The molecule has 0 N–H and O–H groups in total. The van der Waals surface area contributed by atoms with Crippen molar-refractivity contribution in [2.45, 2.75) is 5.41 Å². The minimum Gasteiger partial charge on any atom is -0.304 e. The number of fused-ring (bicyclic) bond motifs is 11. The molecule has 0 bridgehead atoms. The van der Waals surface area contributed by atoms with E-state index in [0.29, 0.717) is 0 Å². The Labute approximate surface area is 223 Å². The molecular weight excluding hydrogens is 615 g/mol. The molecule has 2 aliphatic rings. The van der Waals surface area contributed by atoms with E-state index in [1.54, 1.807) is 0 Å². The van der Waals surface area contributed by atoms with Crippen molar-refractivity contribution in [3.05, 3.63) is 150 Å². The van der Waals surface area contributed by atoms with Crippen LogP contribution in [0.25, 0.3) is 44.3 Å². The molecule has 8 rings (SSSR count). The summed E-state index contributed by atoms with van der Waals surface area (Å²) in [5.41, 5.74) is 12.0. The molecule has 2 aliphatic carbocycles. The Kier molecular flexibility index (Phi) is 4.66. The number of hydrogen-bond acceptors (Lipinski definition) is 1. The largest absolute Gasteiger partial charge is 0.304 e. The van der Waals surface area contributed by atoms with E-state index in [1.807, 2.05) is 6.20 Å². The summed E-state index contributed by atoms with van der Waals surface area (Å²) in [7, 11) is 0. The maximum absolute atomic E-state index is 4.89. The summed E-state index contributed by atoms with van der Waals surface area (Å²) in [6.07, 6.45) is 1.90. The second-order valence-corrected chi connectivity index (χ2v) is 9.44. The number of pyridine rings is 1. The van der Waals surface area contributed by atoms with E-state index >= 15 is 0 Å². The molecule has 171 valence electrons. The van der Waals surface area contributed by atoms with Crippen LogP contribution in [0.2, 0.25) is 0 Å². The van der Waals surface area contributed by atoms with E-state index in [4.69, 9.17) is 4.98 Å². The predicted molar refractivity (Wildman–Crippen MR) is 142 cm³/mol. The molecule has 1 aromatic heterocycles. The molecule has 0 saturated carbocycles. The third-order valence-electron chi connectivity index (χ3n) is 7.85. The molecular formula is C34H20IrN-. The fourth-order valence-corrected chi connectivity index (χ4v) is 6.49. The summed E-state index contributed by atoms with van der Waals surface area (Å²) in [6, 6.07) is 45.5. The number of aromatic nitrogens is 1. The molecule has 5 aromatic carbocycles. The summed E-state index contributed by atoms with van der Waals surface area (Å²) >= 11 is 0. The van der Waals surface area contributed by atoms with E-state index < -0.39 is 0 Å². The molecule has 1 radical (unpaired) electrons. The van der Waals surface area contributed by atoms with Crippen molar-refractivity contribution in [1.82, 2.24) is 4.98 Å². The molecule has 0 saturated heterocycles. The van der Waals surface area contributed by atoms with Crippen LogP contribution >= 0.6 is 0 Å². The zero-order valence-corrected chi connectivity index (χ0v) is 21.7. The Morgan fingerprint density at radius 3 is 2.03 bits per heavy atom. The van der Waals surface area contributed by atoms with Crippen LogP contribution < -0.4 is 0 Å². The van der Waals surface area contributed by atoms with E-state index in [2.05, 4.69) is 121 Å². The van der Waals surface area contributed by atoms with Gasteiger partial charge in [-0.3, -0.25) is 0 Å². The Bertz CT molecular complexity index is 1750. The van der Waals surface area contributed by atoms with Crippen LogP contribution in [0.15, 0.2) is 121 Å². The van der Waals surface area contributed by atoms with Gasteiger partial charge in [0.1, 0.15) is 0 Å². The van der Waals surface area contributed by atoms with Crippen LogP contribution in [-0.2, 0) is 25.5 Å². The Balaban J connectivity index is 0.00000220. The van der Waals surface area contributed by atoms with E-state index in [1.165, 1.54) is 55.3 Å². The molecule has 1 heterocycles. The minimum absolute atomic E-state index is 0. The van der Waals surface area contributed by atoms with Gasteiger partial charge in [-0.2, -0.15) is 0 Å². The zero-order valence-electron chi connectivity index (χ0n) is 19.3. The molecule has 0 unspecified atom stereocenters. The molecule has 1 nitrogen and oxygen atoms in total. The van der Waals surface area contributed by atoms with Crippen LogP contribution in [0.1, 0.15) is 22.3 Å². The summed E-state index contributed by atoms with van der Waals surface area (Å²) < 4.78 is 0. The third kappa shape index (κ3) is 2.61. The van der Waals surface area contributed by atoms with Gasteiger partial charge < -0.3 is 4.98 Å². The standard InChI is InChI=1S/C34H20N.Ir/c1-2-11-24-22(9-1)10-7-14-25(24)23-18-19-28-32(21-23)34(31-17-8-20-35-33(28)31)29-15-5-3-12-26(29)27-13-4-6-16-30(27)34;/h1-18,20-21H;/q-1;. The van der Waals surface area contributed by atoms with Crippen molar-refractivity contribution in [2.24, 2.45) is 0 Å². The molecule has 0 aliphatic heterocycles.